The van der Waals surface area contributed by atoms with Crippen LogP contribution in [-0.4, -0.2) is 26.8 Å². The molecule has 0 aliphatic carbocycles. The van der Waals surface area contributed by atoms with Gasteiger partial charge in [0.2, 0.25) is 0 Å². The van der Waals surface area contributed by atoms with Gasteiger partial charge < -0.3 is 9.32 Å². The maximum absolute atomic E-state index is 6.11. The van der Waals surface area contributed by atoms with Crippen LogP contribution in [-0.2, 0) is 6.54 Å². The Labute approximate surface area is 149 Å². The summed E-state index contributed by atoms with van der Waals surface area (Å²) in [5.41, 5.74) is 1.61. The van der Waals surface area contributed by atoms with Gasteiger partial charge in [-0.2, -0.15) is 5.10 Å². The largest absolute Gasteiger partial charge is 0.467 e. The van der Waals surface area contributed by atoms with Crippen LogP contribution in [0.4, 0.5) is 5.82 Å². The molecule has 0 spiro atoms. The van der Waals surface area contributed by atoms with Crippen LogP contribution in [0.3, 0.4) is 0 Å². The normalized spacial score (nSPS) is 11.2. The molecule has 0 unspecified atom stereocenters. The van der Waals surface area contributed by atoms with Gasteiger partial charge in [0.25, 0.3) is 0 Å². The summed E-state index contributed by atoms with van der Waals surface area (Å²) >= 11 is 6.11. The van der Waals surface area contributed by atoms with Crippen LogP contribution in [0.25, 0.3) is 16.7 Å². The summed E-state index contributed by atoms with van der Waals surface area (Å²) in [6.45, 7) is 2.49. The number of aromatic nitrogens is 4. The smallest absolute Gasteiger partial charge is 0.168 e. The Hall–Kier alpha value is -2.86. The second-order valence-electron chi connectivity index (χ2n) is 5.80. The Bertz CT molecular complexity index is 1030. The second-order valence-corrected chi connectivity index (χ2v) is 6.24. The second kappa shape index (κ2) is 6.22. The summed E-state index contributed by atoms with van der Waals surface area (Å²) in [6, 6.07) is 11.3. The van der Waals surface area contributed by atoms with Crippen molar-refractivity contribution in [3.05, 3.63) is 65.5 Å². The fraction of sp³-hybridized carbons (Fsp3) is 0.167. The maximum Gasteiger partial charge on any atom is 0.168 e. The SMILES string of the molecule is Cc1nc(N(C)Cc2ccco2)c2cnn(-c3cccc(Cl)c3)c2n1. The van der Waals surface area contributed by atoms with Crippen LogP contribution < -0.4 is 4.90 Å². The molecule has 3 aromatic heterocycles. The zero-order valence-electron chi connectivity index (χ0n) is 13.8. The first-order valence-electron chi connectivity index (χ1n) is 7.83. The van der Waals surface area contributed by atoms with E-state index in [1.807, 2.05) is 55.3 Å². The predicted molar refractivity (Wildman–Crippen MR) is 97.2 cm³/mol. The molecule has 6 nitrogen and oxygen atoms in total. The lowest BCUT2D eigenvalue weighted by Crippen LogP contribution is -2.18. The highest BCUT2D eigenvalue weighted by Gasteiger charge is 2.16. The summed E-state index contributed by atoms with van der Waals surface area (Å²) in [5.74, 6) is 2.36. The molecule has 7 heteroatoms. The molecule has 0 saturated heterocycles. The minimum atomic E-state index is 0.612. The van der Waals surface area contributed by atoms with E-state index in [2.05, 4.69) is 15.1 Å². The van der Waals surface area contributed by atoms with E-state index in [4.69, 9.17) is 16.0 Å². The van der Waals surface area contributed by atoms with E-state index >= 15 is 0 Å². The Balaban J connectivity index is 1.81. The van der Waals surface area contributed by atoms with E-state index in [1.165, 1.54) is 0 Å². The average molecular weight is 354 g/mol. The lowest BCUT2D eigenvalue weighted by atomic mass is 10.3. The number of halogens is 1. The number of hydrogen-bond donors (Lipinski definition) is 0. The van der Waals surface area contributed by atoms with Crippen LogP contribution in [0.15, 0.2) is 53.3 Å². The fourth-order valence-electron chi connectivity index (χ4n) is 2.80. The summed E-state index contributed by atoms with van der Waals surface area (Å²) < 4.78 is 7.21. The third-order valence-corrected chi connectivity index (χ3v) is 4.14. The Kier molecular flexibility index (Phi) is 3.89. The van der Waals surface area contributed by atoms with Gasteiger partial charge >= 0.3 is 0 Å². The van der Waals surface area contributed by atoms with E-state index in [-0.39, 0.29) is 0 Å². The molecule has 0 radical (unpaired) electrons. The van der Waals surface area contributed by atoms with Crippen LogP contribution in [0.2, 0.25) is 5.02 Å². The number of rotatable bonds is 4. The van der Waals surface area contributed by atoms with Crippen molar-refractivity contribution in [2.24, 2.45) is 0 Å². The molecular weight excluding hydrogens is 338 g/mol. The molecule has 0 saturated carbocycles. The first-order valence-corrected chi connectivity index (χ1v) is 8.21. The minimum absolute atomic E-state index is 0.612. The number of aryl methyl sites for hydroxylation is 1. The number of nitrogens with zero attached hydrogens (tertiary/aromatic N) is 5. The Morgan fingerprint density at radius 2 is 2.08 bits per heavy atom. The van der Waals surface area contributed by atoms with E-state index in [9.17, 15) is 0 Å². The molecule has 0 bridgehead atoms. The van der Waals surface area contributed by atoms with Crippen molar-refractivity contribution in [3.8, 4) is 5.69 Å². The van der Waals surface area contributed by atoms with Crippen LogP contribution in [0.1, 0.15) is 11.6 Å². The molecule has 3 heterocycles. The third kappa shape index (κ3) is 2.96. The first kappa shape index (κ1) is 15.7. The maximum atomic E-state index is 6.11. The standard InChI is InChI=1S/C18H16ClN5O/c1-12-21-17(23(2)11-15-7-4-8-25-15)16-10-20-24(18(16)22-12)14-6-3-5-13(19)9-14/h3-10H,11H2,1-2H3. The number of hydrogen-bond acceptors (Lipinski definition) is 5. The fourth-order valence-corrected chi connectivity index (χ4v) is 2.98. The molecule has 0 N–H and O–H groups in total. The van der Waals surface area contributed by atoms with Gasteiger partial charge in [-0.3, -0.25) is 0 Å². The van der Waals surface area contributed by atoms with Gasteiger partial charge in [-0.05, 0) is 37.3 Å². The molecule has 0 aliphatic heterocycles. The average Bonchev–Trinajstić information content (AvgIpc) is 3.23. The summed E-state index contributed by atoms with van der Waals surface area (Å²) in [7, 11) is 1.97. The predicted octanol–water partition coefficient (Wildman–Crippen LogP) is 4.01. The summed E-state index contributed by atoms with van der Waals surface area (Å²) in [5, 5.41) is 6.02. The van der Waals surface area contributed by atoms with Crippen molar-refractivity contribution >= 4 is 28.5 Å². The van der Waals surface area contributed by atoms with Crippen molar-refractivity contribution in [2.45, 2.75) is 13.5 Å². The highest BCUT2D eigenvalue weighted by atomic mass is 35.5. The van der Waals surface area contributed by atoms with Gasteiger partial charge in [-0.1, -0.05) is 17.7 Å². The van der Waals surface area contributed by atoms with Gasteiger partial charge in [0.1, 0.15) is 17.4 Å². The Morgan fingerprint density at radius 1 is 1.20 bits per heavy atom. The van der Waals surface area contributed by atoms with Crippen LogP contribution in [0.5, 0.6) is 0 Å². The first-order chi connectivity index (χ1) is 12.1. The van der Waals surface area contributed by atoms with Crippen molar-refractivity contribution in [1.29, 1.82) is 0 Å². The molecule has 25 heavy (non-hydrogen) atoms. The molecule has 4 rings (SSSR count). The third-order valence-electron chi connectivity index (χ3n) is 3.91. The highest BCUT2D eigenvalue weighted by Crippen LogP contribution is 2.26. The van der Waals surface area contributed by atoms with E-state index in [0.717, 1.165) is 28.3 Å². The quantitative estimate of drug-likeness (QED) is 0.555. The van der Waals surface area contributed by atoms with E-state index in [0.29, 0.717) is 17.4 Å². The molecular formula is C18H16ClN5O. The molecule has 0 fully saturated rings. The minimum Gasteiger partial charge on any atom is -0.467 e. The molecule has 1 aromatic carbocycles. The molecule has 126 valence electrons. The zero-order chi connectivity index (χ0) is 17.4. The van der Waals surface area contributed by atoms with Crippen molar-refractivity contribution in [2.75, 3.05) is 11.9 Å². The van der Waals surface area contributed by atoms with E-state index in [1.54, 1.807) is 17.1 Å². The van der Waals surface area contributed by atoms with Crippen molar-refractivity contribution in [1.82, 2.24) is 19.7 Å². The lowest BCUT2D eigenvalue weighted by molar-refractivity contribution is 0.507. The van der Waals surface area contributed by atoms with Crippen LogP contribution in [0, 0.1) is 6.92 Å². The lowest BCUT2D eigenvalue weighted by Gasteiger charge is -2.18. The molecule has 0 aliphatic rings. The summed E-state index contributed by atoms with van der Waals surface area (Å²) in [4.78, 5) is 11.2. The van der Waals surface area contributed by atoms with Gasteiger partial charge in [0.05, 0.1) is 30.1 Å². The number of anilines is 1. The van der Waals surface area contributed by atoms with Crippen molar-refractivity contribution < 1.29 is 4.42 Å². The van der Waals surface area contributed by atoms with Crippen LogP contribution >= 0.6 is 11.6 Å². The van der Waals surface area contributed by atoms with E-state index < -0.39 is 0 Å². The Morgan fingerprint density at radius 3 is 2.84 bits per heavy atom. The highest BCUT2D eigenvalue weighted by molar-refractivity contribution is 6.30. The molecule has 4 aromatic rings. The monoisotopic (exact) mass is 353 g/mol. The topological polar surface area (TPSA) is 60.0 Å². The van der Waals surface area contributed by atoms with Gasteiger partial charge in [-0.15, -0.1) is 0 Å². The van der Waals surface area contributed by atoms with Gasteiger partial charge in [-0.25, -0.2) is 14.6 Å². The molecule has 0 amide bonds. The number of fused-ring (bicyclic) bond motifs is 1. The number of furan rings is 1. The zero-order valence-corrected chi connectivity index (χ0v) is 14.6. The van der Waals surface area contributed by atoms with Gasteiger partial charge in [0.15, 0.2) is 5.65 Å². The summed E-state index contributed by atoms with van der Waals surface area (Å²) in [6.07, 6.45) is 3.45. The number of benzene rings is 1. The van der Waals surface area contributed by atoms with Gasteiger partial charge in [0, 0.05) is 12.1 Å². The van der Waals surface area contributed by atoms with Crippen molar-refractivity contribution in [3.63, 3.8) is 0 Å². The molecule has 0 atom stereocenters.